The number of carbonyl (C=O) groups excluding carboxylic acids is 2. The zero-order chi connectivity index (χ0) is 17.8. The number of piperazine rings is 1. The third kappa shape index (κ3) is 3.74. The maximum atomic E-state index is 12.6. The summed E-state index contributed by atoms with van der Waals surface area (Å²) in [6.07, 6.45) is 0. The Morgan fingerprint density at radius 3 is 1.92 bits per heavy atom. The SMILES string of the molecule is COc1cccc(C(=O)N2CCN(C(=O)c3cccc(O)c3)CC2)c1. The Morgan fingerprint density at radius 2 is 1.40 bits per heavy atom. The minimum absolute atomic E-state index is 0.0663. The van der Waals surface area contributed by atoms with Crippen molar-refractivity contribution in [1.82, 2.24) is 9.80 Å². The van der Waals surface area contributed by atoms with Gasteiger partial charge in [0, 0.05) is 37.3 Å². The number of carbonyl (C=O) groups is 2. The zero-order valence-electron chi connectivity index (χ0n) is 14.0. The summed E-state index contributed by atoms with van der Waals surface area (Å²) < 4.78 is 5.16. The van der Waals surface area contributed by atoms with E-state index in [1.54, 1.807) is 53.3 Å². The van der Waals surface area contributed by atoms with Gasteiger partial charge in [0.05, 0.1) is 7.11 Å². The Hall–Kier alpha value is -3.02. The first-order valence-corrected chi connectivity index (χ1v) is 8.10. The Kier molecular flexibility index (Phi) is 4.88. The fourth-order valence-corrected chi connectivity index (χ4v) is 2.87. The van der Waals surface area contributed by atoms with Crippen LogP contribution in [0.2, 0.25) is 0 Å². The molecule has 6 heteroatoms. The molecule has 0 radical (unpaired) electrons. The van der Waals surface area contributed by atoms with Crippen LogP contribution in [0.5, 0.6) is 11.5 Å². The Balaban J connectivity index is 1.63. The number of hydrogen-bond acceptors (Lipinski definition) is 4. The summed E-state index contributed by atoms with van der Waals surface area (Å²) in [5.74, 6) is 0.508. The summed E-state index contributed by atoms with van der Waals surface area (Å²) in [6.45, 7) is 1.87. The number of amides is 2. The van der Waals surface area contributed by atoms with Crippen LogP contribution in [0.15, 0.2) is 48.5 Å². The highest BCUT2D eigenvalue weighted by molar-refractivity contribution is 5.96. The van der Waals surface area contributed by atoms with Crippen molar-refractivity contribution in [3.8, 4) is 11.5 Å². The summed E-state index contributed by atoms with van der Waals surface area (Å²) in [6, 6.07) is 13.4. The molecule has 2 aromatic rings. The number of rotatable bonds is 3. The first-order chi connectivity index (χ1) is 12.1. The van der Waals surface area contributed by atoms with Crippen LogP contribution in [0.3, 0.4) is 0 Å². The summed E-state index contributed by atoms with van der Waals surface area (Å²) in [7, 11) is 1.56. The van der Waals surface area contributed by atoms with Crippen molar-refractivity contribution in [2.24, 2.45) is 0 Å². The van der Waals surface area contributed by atoms with E-state index in [1.165, 1.54) is 12.1 Å². The van der Waals surface area contributed by atoms with Gasteiger partial charge in [-0.05, 0) is 36.4 Å². The smallest absolute Gasteiger partial charge is 0.254 e. The molecule has 6 nitrogen and oxygen atoms in total. The van der Waals surface area contributed by atoms with E-state index in [1.807, 2.05) is 0 Å². The zero-order valence-corrected chi connectivity index (χ0v) is 14.0. The second-order valence-electron chi connectivity index (χ2n) is 5.87. The van der Waals surface area contributed by atoms with Crippen LogP contribution in [0, 0.1) is 0 Å². The van der Waals surface area contributed by atoms with E-state index in [9.17, 15) is 14.7 Å². The molecular weight excluding hydrogens is 320 g/mol. The largest absolute Gasteiger partial charge is 0.508 e. The molecule has 0 saturated carbocycles. The molecule has 1 aliphatic rings. The van der Waals surface area contributed by atoms with E-state index in [0.29, 0.717) is 43.1 Å². The standard InChI is InChI=1S/C19H20N2O4/c1-25-17-7-3-5-15(13-17)19(24)21-10-8-20(9-11-21)18(23)14-4-2-6-16(22)12-14/h2-7,12-13,22H,8-11H2,1H3. The maximum Gasteiger partial charge on any atom is 0.254 e. The molecule has 25 heavy (non-hydrogen) atoms. The van der Waals surface area contributed by atoms with E-state index in [-0.39, 0.29) is 17.6 Å². The topological polar surface area (TPSA) is 70.1 Å². The summed E-state index contributed by atoms with van der Waals surface area (Å²) in [5, 5.41) is 9.51. The third-order valence-electron chi connectivity index (χ3n) is 4.26. The number of phenols is 1. The molecule has 0 atom stereocenters. The average molecular weight is 340 g/mol. The van der Waals surface area contributed by atoms with E-state index < -0.39 is 0 Å². The minimum Gasteiger partial charge on any atom is -0.508 e. The third-order valence-corrected chi connectivity index (χ3v) is 4.26. The number of hydrogen-bond donors (Lipinski definition) is 1. The van der Waals surface area contributed by atoms with E-state index in [0.717, 1.165) is 0 Å². The van der Waals surface area contributed by atoms with Crippen LogP contribution in [-0.2, 0) is 0 Å². The number of nitrogens with zero attached hydrogens (tertiary/aromatic N) is 2. The van der Waals surface area contributed by atoms with Crippen molar-refractivity contribution in [3.63, 3.8) is 0 Å². The number of benzene rings is 2. The van der Waals surface area contributed by atoms with E-state index in [4.69, 9.17) is 4.74 Å². The predicted molar refractivity (Wildman–Crippen MR) is 92.9 cm³/mol. The van der Waals surface area contributed by atoms with Gasteiger partial charge in [-0.25, -0.2) is 0 Å². The number of phenolic OH excluding ortho intramolecular Hbond substituents is 1. The van der Waals surface area contributed by atoms with Crippen LogP contribution >= 0.6 is 0 Å². The number of aromatic hydroxyl groups is 1. The van der Waals surface area contributed by atoms with Crippen LogP contribution in [0.1, 0.15) is 20.7 Å². The molecule has 0 aliphatic carbocycles. The molecule has 1 fully saturated rings. The molecular formula is C19H20N2O4. The Labute approximate surface area is 146 Å². The van der Waals surface area contributed by atoms with Gasteiger partial charge in [-0.3, -0.25) is 9.59 Å². The molecule has 0 bridgehead atoms. The van der Waals surface area contributed by atoms with Gasteiger partial charge in [0.15, 0.2) is 0 Å². The van der Waals surface area contributed by atoms with Gasteiger partial charge >= 0.3 is 0 Å². The maximum absolute atomic E-state index is 12.6. The van der Waals surface area contributed by atoms with E-state index in [2.05, 4.69) is 0 Å². The summed E-state index contributed by atoms with van der Waals surface area (Å²) >= 11 is 0. The van der Waals surface area contributed by atoms with Crippen LogP contribution in [-0.4, -0.2) is 60.0 Å². The quantitative estimate of drug-likeness (QED) is 0.928. The lowest BCUT2D eigenvalue weighted by molar-refractivity contribution is 0.0535. The van der Waals surface area contributed by atoms with Crippen molar-refractivity contribution in [3.05, 3.63) is 59.7 Å². The molecule has 0 unspecified atom stereocenters. The summed E-state index contributed by atoms with van der Waals surface area (Å²) in [4.78, 5) is 28.5. The lowest BCUT2D eigenvalue weighted by Crippen LogP contribution is -2.50. The molecule has 2 amide bonds. The summed E-state index contributed by atoms with van der Waals surface area (Å²) in [5.41, 5.74) is 1.03. The van der Waals surface area contributed by atoms with Gasteiger partial charge in [-0.2, -0.15) is 0 Å². The average Bonchev–Trinajstić information content (AvgIpc) is 2.67. The van der Waals surface area contributed by atoms with Crippen molar-refractivity contribution in [2.45, 2.75) is 0 Å². The monoisotopic (exact) mass is 340 g/mol. The molecule has 2 aromatic carbocycles. The second-order valence-corrected chi connectivity index (χ2v) is 5.87. The number of methoxy groups -OCH3 is 1. The van der Waals surface area contributed by atoms with Crippen LogP contribution in [0.25, 0.3) is 0 Å². The highest BCUT2D eigenvalue weighted by Crippen LogP contribution is 2.17. The van der Waals surface area contributed by atoms with Gasteiger partial charge in [0.25, 0.3) is 11.8 Å². The molecule has 1 saturated heterocycles. The van der Waals surface area contributed by atoms with E-state index >= 15 is 0 Å². The molecule has 0 spiro atoms. The first kappa shape index (κ1) is 16.8. The van der Waals surface area contributed by atoms with Gasteiger partial charge in [0.2, 0.25) is 0 Å². The normalized spacial score (nSPS) is 14.3. The molecule has 1 heterocycles. The lowest BCUT2D eigenvalue weighted by atomic mass is 10.1. The van der Waals surface area contributed by atoms with Crippen LogP contribution < -0.4 is 4.74 Å². The fraction of sp³-hybridized carbons (Fsp3) is 0.263. The highest BCUT2D eigenvalue weighted by atomic mass is 16.5. The van der Waals surface area contributed by atoms with Crippen molar-refractivity contribution < 1.29 is 19.4 Å². The van der Waals surface area contributed by atoms with Crippen molar-refractivity contribution in [1.29, 1.82) is 0 Å². The van der Waals surface area contributed by atoms with Crippen molar-refractivity contribution >= 4 is 11.8 Å². The first-order valence-electron chi connectivity index (χ1n) is 8.10. The number of ether oxygens (including phenoxy) is 1. The molecule has 1 aliphatic heterocycles. The molecule has 3 rings (SSSR count). The van der Waals surface area contributed by atoms with Gasteiger partial charge in [-0.1, -0.05) is 12.1 Å². The van der Waals surface area contributed by atoms with Gasteiger partial charge in [-0.15, -0.1) is 0 Å². The van der Waals surface area contributed by atoms with Gasteiger partial charge in [0.1, 0.15) is 11.5 Å². The minimum atomic E-state index is -0.135. The second kappa shape index (κ2) is 7.25. The van der Waals surface area contributed by atoms with Crippen LogP contribution in [0.4, 0.5) is 0 Å². The van der Waals surface area contributed by atoms with Crippen molar-refractivity contribution in [2.75, 3.05) is 33.3 Å². The molecule has 0 aromatic heterocycles. The lowest BCUT2D eigenvalue weighted by Gasteiger charge is -2.35. The Morgan fingerprint density at radius 1 is 0.880 bits per heavy atom. The fourth-order valence-electron chi connectivity index (χ4n) is 2.87. The van der Waals surface area contributed by atoms with Gasteiger partial charge < -0.3 is 19.6 Å². The predicted octanol–water partition coefficient (Wildman–Crippen LogP) is 2.00. The molecule has 1 N–H and O–H groups in total. The Bertz CT molecular complexity index is 782. The highest BCUT2D eigenvalue weighted by Gasteiger charge is 2.25. The molecule has 130 valence electrons.